The molecule has 0 aliphatic carbocycles. The van der Waals surface area contributed by atoms with Crippen molar-refractivity contribution in [3.8, 4) is 0 Å². The molecule has 142 valence electrons. The maximum absolute atomic E-state index is 13.2. The number of ether oxygens (including phenoxy) is 1. The van der Waals surface area contributed by atoms with Gasteiger partial charge in [-0.3, -0.25) is 9.36 Å². The maximum atomic E-state index is 13.2. The van der Waals surface area contributed by atoms with Gasteiger partial charge in [0.1, 0.15) is 12.6 Å². The van der Waals surface area contributed by atoms with E-state index in [9.17, 15) is 9.59 Å². The Morgan fingerprint density at radius 2 is 2.11 bits per heavy atom. The third kappa shape index (κ3) is 3.34. The molecule has 0 radical (unpaired) electrons. The van der Waals surface area contributed by atoms with Crippen LogP contribution in [0.1, 0.15) is 22.7 Å². The van der Waals surface area contributed by atoms with Crippen molar-refractivity contribution in [1.82, 2.24) is 4.57 Å². The van der Waals surface area contributed by atoms with Gasteiger partial charge in [-0.2, -0.15) is 0 Å². The zero-order chi connectivity index (χ0) is 19.7. The first-order chi connectivity index (χ1) is 13.6. The summed E-state index contributed by atoms with van der Waals surface area (Å²) in [7, 11) is 0. The Morgan fingerprint density at radius 3 is 2.79 bits per heavy atom. The lowest BCUT2D eigenvalue weighted by molar-refractivity contribution is -0.138. The molecule has 1 atom stereocenters. The SMILES string of the molecule is C=CCOC(=O)C1=C(C)N=c2sc(=Cc3cccs3)c(=O)n2C1c1cccs1. The van der Waals surface area contributed by atoms with E-state index in [1.165, 1.54) is 28.7 Å². The highest BCUT2D eigenvalue weighted by molar-refractivity contribution is 7.11. The summed E-state index contributed by atoms with van der Waals surface area (Å²) in [6.07, 6.45) is 3.39. The molecule has 3 aromatic heterocycles. The lowest BCUT2D eigenvalue weighted by atomic mass is 10.0. The van der Waals surface area contributed by atoms with E-state index in [1.54, 1.807) is 22.8 Å². The van der Waals surface area contributed by atoms with Crippen LogP contribution < -0.4 is 14.9 Å². The second-order valence-electron chi connectivity index (χ2n) is 6.00. The first-order valence-electron chi connectivity index (χ1n) is 8.47. The van der Waals surface area contributed by atoms with Crippen LogP contribution in [0.3, 0.4) is 0 Å². The number of fused-ring (bicyclic) bond motifs is 1. The fourth-order valence-electron chi connectivity index (χ4n) is 3.01. The van der Waals surface area contributed by atoms with Gasteiger partial charge in [0.2, 0.25) is 0 Å². The smallest absolute Gasteiger partial charge is 0.338 e. The number of thiazole rings is 1. The minimum atomic E-state index is -0.543. The standard InChI is InChI=1S/C20H16N2O3S3/c1-3-8-25-19(24)16-12(2)21-20-22(17(16)14-7-5-10-27-14)18(23)15(28-20)11-13-6-4-9-26-13/h3-7,9-11,17H,1,8H2,2H3. The van der Waals surface area contributed by atoms with Crippen molar-refractivity contribution in [2.24, 2.45) is 4.99 Å². The van der Waals surface area contributed by atoms with Crippen molar-refractivity contribution in [2.75, 3.05) is 6.61 Å². The number of hydrogen-bond donors (Lipinski definition) is 0. The minimum absolute atomic E-state index is 0.107. The second kappa shape index (κ2) is 7.83. The second-order valence-corrected chi connectivity index (χ2v) is 8.97. The molecule has 5 nitrogen and oxygen atoms in total. The quantitative estimate of drug-likeness (QED) is 0.464. The van der Waals surface area contributed by atoms with E-state index in [0.29, 0.717) is 20.6 Å². The van der Waals surface area contributed by atoms with Crippen molar-refractivity contribution in [3.63, 3.8) is 0 Å². The Labute approximate surface area is 172 Å². The van der Waals surface area contributed by atoms with Crippen LogP contribution in [0.5, 0.6) is 0 Å². The van der Waals surface area contributed by atoms with Gasteiger partial charge in [0, 0.05) is 9.75 Å². The highest BCUT2D eigenvalue weighted by atomic mass is 32.1. The van der Waals surface area contributed by atoms with Gasteiger partial charge in [0.05, 0.1) is 15.8 Å². The molecular weight excluding hydrogens is 412 g/mol. The Bertz CT molecular complexity index is 1230. The van der Waals surface area contributed by atoms with Crippen molar-refractivity contribution < 1.29 is 9.53 Å². The molecule has 0 saturated carbocycles. The summed E-state index contributed by atoms with van der Waals surface area (Å²) in [5, 5.41) is 3.90. The molecule has 4 rings (SSSR count). The molecule has 1 unspecified atom stereocenters. The Morgan fingerprint density at radius 1 is 1.32 bits per heavy atom. The van der Waals surface area contributed by atoms with E-state index in [4.69, 9.17) is 4.74 Å². The summed E-state index contributed by atoms with van der Waals surface area (Å²) in [4.78, 5) is 33.0. The van der Waals surface area contributed by atoms with Crippen molar-refractivity contribution >= 4 is 46.1 Å². The third-order valence-electron chi connectivity index (χ3n) is 4.20. The molecule has 0 spiro atoms. The number of carbonyl (C=O) groups excluding carboxylic acids is 1. The van der Waals surface area contributed by atoms with Crippen LogP contribution in [0, 0.1) is 0 Å². The number of hydrogen-bond acceptors (Lipinski definition) is 7. The number of carbonyl (C=O) groups is 1. The summed E-state index contributed by atoms with van der Waals surface area (Å²) in [5.74, 6) is -0.480. The summed E-state index contributed by atoms with van der Waals surface area (Å²) < 4.78 is 7.49. The molecule has 0 bridgehead atoms. The molecule has 0 N–H and O–H groups in total. The largest absolute Gasteiger partial charge is 0.458 e. The number of thiophene rings is 2. The molecule has 0 aromatic carbocycles. The fraction of sp³-hybridized carbons (Fsp3) is 0.150. The van der Waals surface area contributed by atoms with E-state index >= 15 is 0 Å². The third-order valence-corrected chi connectivity index (χ3v) is 6.93. The van der Waals surface area contributed by atoms with Gasteiger partial charge in [-0.25, -0.2) is 9.79 Å². The lowest BCUT2D eigenvalue weighted by Gasteiger charge is -2.23. The van der Waals surface area contributed by atoms with E-state index < -0.39 is 12.0 Å². The summed E-state index contributed by atoms with van der Waals surface area (Å²) in [5.41, 5.74) is 0.799. The fourth-order valence-corrected chi connectivity index (χ4v) is 5.61. The molecule has 4 heterocycles. The Hall–Kier alpha value is -2.55. The molecular formula is C20H16N2O3S3. The van der Waals surface area contributed by atoms with Crippen LogP contribution in [-0.4, -0.2) is 17.1 Å². The molecule has 28 heavy (non-hydrogen) atoms. The zero-order valence-electron chi connectivity index (χ0n) is 15.0. The van der Waals surface area contributed by atoms with E-state index in [0.717, 1.165) is 9.75 Å². The first-order valence-corrected chi connectivity index (χ1v) is 11.0. The predicted octanol–water partition coefficient (Wildman–Crippen LogP) is 3.09. The lowest BCUT2D eigenvalue weighted by Crippen LogP contribution is -2.39. The first kappa shape index (κ1) is 18.8. The van der Waals surface area contributed by atoms with Crippen molar-refractivity contribution in [1.29, 1.82) is 0 Å². The average molecular weight is 429 g/mol. The van der Waals surface area contributed by atoms with Gasteiger partial charge in [0.15, 0.2) is 4.80 Å². The number of rotatable bonds is 5. The van der Waals surface area contributed by atoms with Gasteiger partial charge in [-0.15, -0.1) is 22.7 Å². The van der Waals surface area contributed by atoms with Gasteiger partial charge in [-0.05, 0) is 35.9 Å². The van der Waals surface area contributed by atoms with Crippen LogP contribution in [0.4, 0.5) is 0 Å². The van der Waals surface area contributed by atoms with Gasteiger partial charge < -0.3 is 4.74 Å². The summed E-state index contributed by atoms with van der Waals surface area (Å²) in [6, 6.07) is 7.19. The van der Waals surface area contributed by atoms with Crippen LogP contribution in [0.15, 0.2) is 68.7 Å². The van der Waals surface area contributed by atoms with Gasteiger partial charge >= 0.3 is 5.97 Å². The maximum Gasteiger partial charge on any atom is 0.338 e. The summed E-state index contributed by atoms with van der Waals surface area (Å²) >= 11 is 4.40. The Balaban J connectivity index is 1.92. The Kier molecular flexibility index (Phi) is 5.25. The van der Waals surface area contributed by atoms with Crippen LogP contribution in [0.2, 0.25) is 0 Å². The highest BCUT2D eigenvalue weighted by Gasteiger charge is 2.33. The van der Waals surface area contributed by atoms with Gasteiger partial charge in [-0.1, -0.05) is 36.1 Å². The monoisotopic (exact) mass is 428 g/mol. The molecule has 8 heteroatoms. The molecule has 0 amide bonds. The molecule has 0 saturated heterocycles. The molecule has 1 aliphatic heterocycles. The number of esters is 1. The summed E-state index contributed by atoms with van der Waals surface area (Å²) in [6.45, 7) is 5.47. The van der Waals surface area contributed by atoms with Crippen molar-refractivity contribution in [3.05, 3.63) is 88.4 Å². The van der Waals surface area contributed by atoms with E-state index in [2.05, 4.69) is 11.6 Å². The number of aromatic nitrogens is 1. The number of allylic oxidation sites excluding steroid dienone is 1. The topological polar surface area (TPSA) is 60.7 Å². The zero-order valence-corrected chi connectivity index (χ0v) is 17.4. The van der Waals surface area contributed by atoms with Crippen LogP contribution >= 0.6 is 34.0 Å². The minimum Gasteiger partial charge on any atom is -0.458 e. The van der Waals surface area contributed by atoms with E-state index in [1.807, 2.05) is 41.1 Å². The normalized spacial score (nSPS) is 16.6. The van der Waals surface area contributed by atoms with Crippen LogP contribution in [0.25, 0.3) is 6.08 Å². The molecule has 3 aromatic rings. The van der Waals surface area contributed by atoms with Gasteiger partial charge in [0.25, 0.3) is 5.56 Å². The average Bonchev–Trinajstić information content (AvgIpc) is 3.42. The number of nitrogens with zero attached hydrogens (tertiary/aromatic N) is 2. The highest BCUT2D eigenvalue weighted by Crippen LogP contribution is 2.33. The predicted molar refractivity (Wildman–Crippen MR) is 114 cm³/mol. The van der Waals surface area contributed by atoms with Crippen molar-refractivity contribution in [2.45, 2.75) is 13.0 Å². The molecule has 0 fully saturated rings. The van der Waals surface area contributed by atoms with E-state index in [-0.39, 0.29) is 12.2 Å². The molecule has 1 aliphatic rings. The van der Waals surface area contributed by atoms with Crippen LogP contribution in [-0.2, 0) is 9.53 Å².